The van der Waals surface area contributed by atoms with Crippen LogP contribution in [-0.2, 0) is 88.5 Å². The van der Waals surface area contributed by atoms with E-state index < -0.39 is 101 Å². The van der Waals surface area contributed by atoms with Crippen LogP contribution in [0.5, 0.6) is 0 Å². The topological polar surface area (TPSA) is 542 Å². The van der Waals surface area contributed by atoms with Crippen LogP contribution < -0.4 is 26.4 Å². The Hall–Kier alpha value is -15.2. The van der Waals surface area contributed by atoms with Crippen LogP contribution in [0.25, 0.3) is 56.6 Å². The fourth-order valence-electron chi connectivity index (χ4n) is 13.9. The summed E-state index contributed by atoms with van der Waals surface area (Å²) in [5.74, 6) is -4.13. The van der Waals surface area contributed by atoms with Crippen molar-refractivity contribution >= 4 is 168 Å². The number of nitrogens with one attached hydrogen (secondary N) is 4. The number of hydrogen-bond donors (Lipinski definition) is 9. The van der Waals surface area contributed by atoms with E-state index in [4.69, 9.17) is 14.4 Å². The minimum absolute atomic E-state index is 0.0362. The fraction of sp³-hybridized carbons (Fsp3) is 0.180. The first kappa shape index (κ1) is 112. The monoisotopic (exact) mass is 2110 g/mol. The number of sulfone groups is 2. The number of aryl methyl sites for hydroxylation is 4. The van der Waals surface area contributed by atoms with E-state index in [-0.39, 0.29) is 110 Å². The van der Waals surface area contributed by atoms with Crippen molar-refractivity contribution in [2.24, 2.45) is 5.14 Å². The highest BCUT2D eigenvalue weighted by molar-refractivity contribution is 7.92. The summed E-state index contributed by atoms with van der Waals surface area (Å²) < 4.78 is 158. The van der Waals surface area contributed by atoms with Gasteiger partial charge in [0.15, 0.2) is 64.3 Å². The summed E-state index contributed by atoms with van der Waals surface area (Å²) in [5, 5.41) is 61.2. The van der Waals surface area contributed by atoms with Crippen LogP contribution in [0.4, 0.5) is 21.9 Å². The summed E-state index contributed by atoms with van der Waals surface area (Å²) in [5.41, 5.74) is 6.57. The number of likely N-dealkylation sites (N-methyl/N-ethyl adjacent to an activating group) is 3. The van der Waals surface area contributed by atoms with Gasteiger partial charge < -0.3 is 40.3 Å². The third kappa shape index (κ3) is 26.0. The number of pyridine rings is 2. The average molecular weight is 2110 g/mol. The molecule has 13 aromatic rings. The number of sulfonamides is 4. The highest BCUT2D eigenvalue weighted by atomic mass is 32.2. The van der Waals surface area contributed by atoms with Gasteiger partial charge in [-0.2, -0.15) is 0 Å². The number of rotatable bonds is 14. The number of aliphatic hydroxyl groups is 4. The first-order valence-corrected chi connectivity index (χ1v) is 55.1. The third-order valence-electron chi connectivity index (χ3n) is 20.7. The second kappa shape index (κ2) is 49.0. The normalized spacial score (nSPS) is 14.5. The molecule has 756 valence electrons. The van der Waals surface area contributed by atoms with Gasteiger partial charge in [0.25, 0.3) is 53.7 Å². The molecular weight excluding hydrogens is 2010 g/mol. The molecule has 0 fully saturated rings. The lowest BCUT2D eigenvalue weighted by molar-refractivity contribution is -0.134. The van der Waals surface area contributed by atoms with Crippen molar-refractivity contribution in [3.63, 3.8) is 0 Å². The van der Waals surface area contributed by atoms with E-state index in [1.165, 1.54) is 123 Å². The van der Waals surface area contributed by atoms with E-state index in [0.717, 1.165) is 67.3 Å². The molecule has 8 aromatic carbocycles. The summed E-state index contributed by atoms with van der Waals surface area (Å²) in [6.45, 7) is 23.7. The summed E-state index contributed by atoms with van der Waals surface area (Å²) in [4.78, 5) is 79.5. The van der Waals surface area contributed by atoms with Crippen molar-refractivity contribution in [3.8, 4) is 22.4 Å². The highest BCUT2D eigenvalue weighted by Crippen LogP contribution is 2.42. The molecule has 5 aliphatic rings. The molecule has 44 heteroatoms. The van der Waals surface area contributed by atoms with Crippen LogP contribution in [0, 0.1) is 27.7 Å². The number of benzene rings is 8. The van der Waals surface area contributed by atoms with Gasteiger partial charge in [-0.3, -0.25) is 42.7 Å². The number of nitrogens with zero attached hydrogens (tertiary/aromatic N) is 8. The number of anilines is 4. The molecule has 4 amide bonds. The molecule has 0 saturated heterocycles. The number of fused-ring (bicyclic) bond motifs is 4. The van der Waals surface area contributed by atoms with Crippen LogP contribution >= 0.6 is 22.7 Å². The van der Waals surface area contributed by atoms with E-state index in [0.29, 0.717) is 21.6 Å². The zero-order valence-electron chi connectivity index (χ0n) is 80.7. The fourth-order valence-corrected chi connectivity index (χ4v) is 22.1. The first-order valence-electron chi connectivity index (χ1n) is 44.0. The Balaban J connectivity index is 0.000000190. The minimum atomic E-state index is -3.91. The highest BCUT2D eigenvalue weighted by Gasteiger charge is 2.42. The van der Waals surface area contributed by atoms with E-state index in [2.05, 4.69) is 46.4 Å². The molecule has 0 aliphatic carbocycles. The van der Waals surface area contributed by atoms with Gasteiger partial charge in [0.1, 0.15) is 35.5 Å². The Bertz CT molecular complexity index is 7660. The molecule has 144 heavy (non-hydrogen) atoms. The number of aromatic nitrogens is 5. The lowest BCUT2D eigenvalue weighted by atomic mass is 9.96. The maximum Gasteiger partial charge on any atom is 0.339 e. The van der Waals surface area contributed by atoms with Crippen molar-refractivity contribution in [1.29, 1.82) is 0 Å². The van der Waals surface area contributed by atoms with E-state index in [9.17, 15) is 94.9 Å². The van der Waals surface area contributed by atoms with Crippen molar-refractivity contribution in [1.82, 2.24) is 38.0 Å². The minimum Gasteiger partial charge on any atom is -0.507 e. The number of cyclic esters (lactones) is 1. The Labute approximate surface area is 843 Å². The van der Waals surface area contributed by atoms with Gasteiger partial charge in [0.2, 0.25) is 10.0 Å². The molecule has 0 spiro atoms. The number of esters is 1. The van der Waals surface area contributed by atoms with Crippen molar-refractivity contribution in [3.05, 3.63) is 338 Å². The Kier molecular flexibility index (Phi) is 38.3. The van der Waals surface area contributed by atoms with Crippen LogP contribution in [0.3, 0.4) is 0 Å². The van der Waals surface area contributed by atoms with Crippen LogP contribution in [0.1, 0.15) is 110 Å². The Morgan fingerprint density at radius 2 is 0.778 bits per heavy atom. The van der Waals surface area contributed by atoms with Crippen molar-refractivity contribution in [2.45, 2.75) is 112 Å². The van der Waals surface area contributed by atoms with E-state index >= 15 is 0 Å². The van der Waals surface area contributed by atoms with E-state index in [1.54, 1.807) is 134 Å². The van der Waals surface area contributed by atoms with Gasteiger partial charge in [0.05, 0.1) is 51.8 Å². The van der Waals surface area contributed by atoms with Gasteiger partial charge in [-0.1, -0.05) is 206 Å². The third-order valence-corrected chi connectivity index (χ3v) is 31.5. The number of primary sulfonamides is 1. The average Bonchev–Trinajstić information content (AvgIpc) is 1.12. The Morgan fingerprint density at radius 1 is 0.417 bits per heavy atom. The molecule has 0 radical (unpaired) electrons. The lowest BCUT2D eigenvalue weighted by Gasteiger charge is -2.28. The molecule has 18 rings (SSSR count). The number of carbonyl (C=O) groups excluding carboxylic acids is 5. The van der Waals surface area contributed by atoms with Gasteiger partial charge in [-0.15, -0.1) is 22.7 Å². The summed E-state index contributed by atoms with van der Waals surface area (Å²) in [6, 6.07) is 64.0. The van der Waals surface area contributed by atoms with Gasteiger partial charge in [-0.25, -0.2) is 80.4 Å². The molecule has 0 unspecified atom stereocenters. The lowest BCUT2D eigenvalue weighted by Crippen LogP contribution is -2.37. The maximum absolute atomic E-state index is 12.5. The van der Waals surface area contributed by atoms with Crippen LogP contribution in [0.2, 0.25) is 0 Å². The molecule has 10 heterocycles. The molecule has 0 atom stereocenters. The second-order valence-electron chi connectivity index (χ2n) is 29.9. The molecule has 10 N–H and O–H groups in total. The maximum atomic E-state index is 12.5. The molecule has 0 saturated carbocycles. The van der Waals surface area contributed by atoms with Gasteiger partial charge in [0, 0.05) is 95.3 Å². The van der Waals surface area contributed by atoms with Crippen LogP contribution in [0.15, 0.2) is 318 Å². The second-order valence-corrected chi connectivity index (χ2v) is 43.7. The summed E-state index contributed by atoms with van der Waals surface area (Å²) in [6.07, 6.45) is 7.33. The molecule has 5 aromatic heterocycles. The number of amides is 4. The zero-order valence-corrected chi connectivity index (χ0v) is 87.2. The largest absolute Gasteiger partial charge is 0.507 e. The first-order chi connectivity index (χ1) is 68.4. The standard InChI is InChI=1S/C18H16O4S.C16H14N2O3S.2C15H13N3O4S.C14H13N3O4S2.C14H12N2O4S2.4C2H6/c1-12-3-5-14(6-4-12)17-16(11-22-18(17)19)13-7-9-15(10-8-13)23(2,20)21;1-11-15(12-7-9-14(10-8-12)22(17,19)20)16(18-21-11)13-5-3-2-4-6-13;2*1-18-13(15(20)17-12-8-4-5-9-16-12)14(19)10-6-2-3-7-11(10)23(18,21)22;1-8-7-15-14(22-8)16-13(19)11-12(18)9-5-3-4-6-10(9)23(20,21)17(11)2;1-8-6-15-14(21-8)16-13(18)10-7-22(19,20)11-5-3-2-4-9(11)12(10)17;4*1-2/h3-10H,11H2,1-2H3;2-10H,1H3,(H2,17,19,20);2*2-9,19H,1H3,(H,16,17,20);3-7,18H,1-2H3,(H,15,16,19);2-6,17H,7H2,1H3,(H,15,16,18);4*1-2H3. The van der Waals surface area contributed by atoms with Crippen LogP contribution in [-0.4, -0.2) is 178 Å². The number of aliphatic hydroxyl groups excluding tert-OH is 4. The quantitative estimate of drug-likeness (QED) is 0.0457. The molecular formula is C100H105N13O23S8. The molecule has 36 nitrogen and oxygen atoms in total. The predicted octanol–water partition coefficient (Wildman–Crippen LogP) is 17.2. The zero-order chi connectivity index (χ0) is 106. The number of carbonyl (C=O) groups is 5. The molecule has 5 aliphatic heterocycles. The Morgan fingerprint density at radius 3 is 1.17 bits per heavy atom. The SMILES string of the molecule is CC.CC.CC.CC.CN1C(C(=O)Nc2ccccn2)=C(O)c2ccccc2S1(=O)=O.CN1C(C(=O)Nc2ccccn2)=C(O)c2ccccc2S1(=O)=O.Cc1ccc(C2=C(c3ccc(S(C)(=O)=O)cc3)COC2=O)cc1.Cc1cnc(NC(=O)C2=C(O)c3ccccc3S(=O)(=O)C2)s1.Cc1cnc(NC(=O)C2=C(O)c3ccccc3S(=O)(=O)N2C)s1.Cc1onc(-c2ccccc2)c1-c1ccc(S(N)(=O)=O)cc1. The summed E-state index contributed by atoms with van der Waals surface area (Å²) >= 11 is 2.52. The summed E-state index contributed by atoms with van der Waals surface area (Å²) in [7, 11) is -18.6. The van der Waals surface area contributed by atoms with Crippen molar-refractivity contribution in [2.75, 3.05) is 61.0 Å². The van der Waals surface area contributed by atoms with Gasteiger partial charge >= 0.3 is 5.97 Å². The number of hydrogen-bond acceptors (Lipinski definition) is 30. The predicted molar refractivity (Wildman–Crippen MR) is 555 cm³/mol. The molecule has 0 bridgehead atoms. The smallest absolute Gasteiger partial charge is 0.339 e. The van der Waals surface area contributed by atoms with Crippen molar-refractivity contribution < 1.29 is 104 Å². The van der Waals surface area contributed by atoms with Gasteiger partial charge in [-0.05, 0) is 141 Å². The number of nitrogens with two attached hydrogens (primary N) is 1. The number of thiazole rings is 2. The van der Waals surface area contributed by atoms with E-state index in [1.807, 2.05) is 138 Å². The number of ether oxygens (including phenoxy) is 1.